The van der Waals surface area contributed by atoms with Gasteiger partial charge in [-0.3, -0.25) is 9.59 Å². The van der Waals surface area contributed by atoms with Crippen LogP contribution in [0.2, 0.25) is 20.1 Å². The first-order chi connectivity index (χ1) is 17.2. The monoisotopic (exact) mass is 636 g/mol. The lowest BCUT2D eigenvalue weighted by atomic mass is 10.1. The van der Waals surface area contributed by atoms with Gasteiger partial charge in [-0.2, -0.15) is 0 Å². The smallest absolute Gasteiger partial charge is 0.185 e. The molecule has 4 rings (SSSR count). The molecule has 0 unspecified atom stereocenters. The molecule has 8 heteroatoms. The summed E-state index contributed by atoms with van der Waals surface area (Å²) in [4.78, 5) is 24.7. The molecule has 0 saturated heterocycles. The molecule has 4 aromatic rings. The molecular weight excluding hydrogens is 622 g/mol. The zero-order valence-electron chi connectivity index (χ0n) is 18.4. The third-order valence-electron chi connectivity index (χ3n) is 4.62. The minimum Gasteiger partial charge on any atom is -0.289 e. The minimum atomic E-state index is -0.109. The van der Waals surface area contributed by atoms with Gasteiger partial charge in [-0.05, 0) is 113 Å². The Morgan fingerprint density at radius 3 is 1.64 bits per heavy atom. The van der Waals surface area contributed by atoms with E-state index in [0.29, 0.717) is 31.2 Å². The minimum absolute atomic E-state index is 0.0220. The second kappa shape index (κ2) is 13.9. The number of halogens is 5. The van der Waals surface area contributed by atoms with Crippen molar-refractivity contribution in [2.24, 2.45) is 0 Å². The van der Waals surface area contributed by atoms with Crippen LogP contribution in [0.3, 0.4) is 0 Å². The molecule has 0 fully saturated rings. The van der Waals surface area contributed by atoms with Gasteiger partial charge in [-0.1, -0.05) is 52.5 Å². The van der Waals surface area contributed by atoms with Crippen molar-refractivity contribution in [2.75, 3.05) is 0 Å². The van der Waals surface area contributed by atoms with E-state index in [-0.39, 0.29) is 11.6 Å². The van der Waals surface area contributed by atoms with Gasteiger partial charge in [0.2, 0.25) is 0 Å². The molecule has 0 amide bonds. The Balaban J connectivity index is 0.000000202. The van der Waals surface area contributed by atoms with Crippen LogP contribution in [0, 0.1) is 0 Å². The largest absolute Gasteiger partial charge is 0.289 e. The summed E-state index contributed by atoms with van der Waals surface area (Å²) in [6, 6.07) is 20.7. The van der Waals surface area contributed by atoms with Crippen LogP contribution in [0.25, 0.3) is 12.2 Å². The maximum atomic E-state index is 11.9. The number of benzene rings is 3. The quantitative estimate of drug-likeness (QED) is 0.155. The zero-order chi connectivity index (χ0) is 26.1. The third-order valence-corrected chi connectivity index (χ3v) is 7.35. The molecule has 0 aliphatic heterocycles. The van der Waals surface area contributed by atoms with E-state index >= 15 is 0 Å². The van der Waals surface area contributed by atoms with E-state index in [0.717, 1.165) is 14.9 Å². The third kappa shape index (κ3) is 9.04. The average molecular weight is 639 g/mol. The molecule has 0 aliphatic rings. The zero-order valence-corrected chi connectivity index (χ0v) is 23.9. The first kappa shape index (κ1) is 28.4. The van der Waals surface area contributed by atoms with Crippen molar-refractivity contribution < 1.29 is 9.59 Å². The molecule has 182 valence electrons. The van der Waals surface area contributed by atoms with Crippen molar-refractivity contribution in [1.29, 1.82) is 0 Å². The highest BCUT2D eigenvalue weighted by molar-refractivity contribution is 9.10. The van der Waals surface area contributed by atoms with Gasteiger partial charge in [-0.25, -0.2) is 0 Å². The van der Waals surface area contributed by atoms with Crippen LogP contribution in [0.15, 0.2) is 94.8 Å². The molecule has 1 aromatic heterocycles. The van der Waals surface area contributed by atoms with Gasteiger partial charge < -0.3 is 0 Å². The second-order valence-corrected chi connectivity index (χ2v) is 10.8. The van der Waals surface area contributed by atoms with Crippen molar-refractivity contribution in [1.82, 2.24) is 0 Å². The topological polar surface area (TPSA) is 34.1 Å². The number of carbonyl (C=O) groups excluding carboxylic acids is 2. The molecule has 0 N–H and O–H groups in total. The standard InChI is InChI=1S/C15H9Cl3O.C13H8BrClOS/c16-12-5-2-11(3-6-12)15(19)8-4-10-1-7-13(17)9-14(10)18;14-10-7-12(17-8-10)5-6-13(16)9-1-3-11(15)4-2-9/h1-9H;1-8H. The Labute approximate surface area is 241 Å². The van der Waals surface area contributed by atoms with E-state index in [4.69, 9.17) is 46.4 Å². The lowest BCUT2D eigenvalue weighted by molar-refractivity contribution is 0.103. The molecule has 0 atom stereocenters. The van der Waals surface area contributed by atoms with Crippen LogP contribution in [-0.2, 0) is 0 Å². The van der Waals surface area contributed by atoms with Gasteiger partial charge in [0.25, 0.3) is 0 Å². The Morgan fingerprint density at radius 1 is 0.667 bits per heavy atom. The summed E-state index contributed by atoms with van der Waals surface area (Å²) >= 11 is 28.3. The maximum Gasteiger partial charge on any atom is 0.185 e. The fraction of sp³-hybridized carbons (Fsp3) is 0. The van der Waals surface area contributed by atoms with E-state index in [1.807, 2.05) is 17.5 Å². The predicted octanol–water partition coefficient (Wildman–Crippen LogP) is 10.6. The molecule has 0 saturated carbocycles. The SMILES string of the molecule is O=C(C=Cc1cc(Br)cs1)c1ccc(Cl)cc1.O=C(C=Cc1ccc(Cl)cc1Cl)c1ccc(Cl)cc1. The number of allylic oxidation sites excluding steroid dienone is 2. The van der Waals surface area contributed by atoms with Gasteiger partial charge >= 0.3 is 0 Å². The van der Waals surface area contributed by atoms with Crippen LogP contribution >= 0.6 is 73.7 Å². The van der Waals surface area contributed by atoms with E-state index in [9.17, 15) is 9.59 Å². The number of thiophene rings is 1. The first-order valence-electron chi connectivity index (χ1n) is 10.4. The molecule has 3 aromatic carbocycles. The van der Waals surface area contributed by atoms with Crippen LogP contribution in [-0.4, -0.2) is 11.6 Å². The number of hydrogen-bond donors (Lipinski definition) is 0. The number of hydrogen-bond acceptors (Lipinski definition) is 3. The fourth-order valence-corrected chi connectivity index (χ4v) is 4.86. The lowest BCUT2D eigenvalue weighted by Gasteiger charge is -1.99. The molecule has 0 aliphatic carbocycles. The molecule has 0 bridgehead atoms. The summed E-state index contributed by atoms with van der Waals surface area (Å²) in [5.41, 5.74) is 1.96. The molecule has 1 heterocycles. The molecule has 2 nitrogen and oxygen atoms in total. The Morgan fingerprint density at radius 2 is 1.17 bits per heavy atom. The van der Waals surface area contributed by atoms with E-state index in [1.54, 1.807) is 90.2 Å². The highest BCUT2D eigenvalue weighted by Gasteiger charge is 2.03. The van der Waals surface area contributed by atoms with Crippen molar-refractivity contribution in [3.63, 3.8) is 0 Å². The van der Waals surface area contributed by atoms with Crippen LogP contribution < -0.4 is 0 Å². The fourth-order valence-electron chi connectivity index (χ4n) is 2.80. The lowest BCUT2D eigenvalue weighted by Crippen LogP contribution is -1.93. The van der Waals surface area contributed by atoms with Crippen molar-refractivity contribution in [3.05, 3.63) is 136 Å². The second-order valence-electron chi connectivity index (χ2n) is 7.24. The Kier molecular flexibility index (Phi) is 11.0. The summed E-state index contributed by atoms with van der Waals surface area (Å²) in [5.74, 6) is -0.131. The maximum absolute atomic E-state index is 11.9. The molecule has 0 radical (unpaired) electrons. The molecular formula is C28H17BrCl4O2S. The Bertz CT molecular complexity index is 1410. The average Bonchev–Trinajstić information content (AvgIpc) is 3.28. The van der Waals surface area contributed by atoms with E-state index in [1.165, 1.54) is 6.08 Å². The normalized spacial score (nSPS) is 10.9. The van der Waals surface area contributed by atoms with Gasteiger partial charge in [-0.15, -0.1) is 11.3 Å². The van der Waals surface area contributed by atoms with Crippen LogP contribution in [0.1, 0.15) is 31.2 Å². The van der Waals surface area contributed by atoms with Crippen LogP contribution in [0.5, 0.6) is 0 Å². The summed E-state index contributed by atoms with van der Waals surface area (Å²) in [5, 5.41) is 4.28. The summed E-state index contributed by atoms with van der Waals surface area (Å²) in [6.45, 7) is 0. The van der Waals surface area contributed by atoms with Gasteiger partial charge in [0.05, 0.1) is 0 Å². The van der Waals surface area contributed by atoms with E-state index < -0.39 is 0 Å². The highest BCUT2D eigenvalue weighted by Crippen LogP contribution is 2.23. The Hall–Kier alpha value is -2.18. The van der Waals surface area contributed by atoms with E-state index in [2.05, 4.69) is 15.9 Å². The van der Waals surface area contributed by atoms with Crippen molar-refractivity contribution in [2.45, 2.75) is 0 Å². The summed E-state index contributed by atoms with van der Waals surface area (Å²) in [7, 11) is 0. The number of carbonyl (C=O) groups is 2. The highest BCUT2D eigenvalue weighted by atomic mass is 79.9. The summed E-state index contributed by atoms with van der Waals surface area (Å²) < 4.78 is 1.03. The molecule has 36 heavy (non-hydrogen) atoms. The van der Waals surface area contributed by atoms with Gasteiger partial charge in [0.1, 0.15) is 0 Å². The van der Waals surface area contributed by atoms with Gasteiger partial charge in [0.15, 0.2) is 11.6 Å². The number of ketones is 2. The van der Waals surface area contributed by atoms with Crippen molar-refractivity contribution in [3.8, 4) is 0 Å². The van der Waals surface area contributed by atoms with Gasteiger partial charge in [0, 0.05) is 45.9 Å². The first-order valence-corrected chi connectivity index (χ1v) is 13.5. The van der Waals surface area contributed by atoms with Crippen molar-refractivity contribution >= 4 is 97.4 Å². The van der Waals surface area contributed by atoms with Crippen LogP contribution in [0.4, 0.5) is 0 Å². The predicted molar refractivity (Wildman–Crippen MR) is 158 cm³/mol. The molecule has 0 spiro atoms. The summed E-state index contributed by atoms with van der Waals surface area (Å²) in [6.07, 6.45) is 6.52. The number of rotatable bonds is 6.